The molecule has 0 saturated heterocycles. The van der Waals surface area contributed by atoms with Crippen LogP contribution in [0.1, 0.15) is 21.5 Å². The van der Waals surface area contributed by atoms with Gasteiger partial charge in [0.05, 0.1) is 0 Å². The minimum atomic E-state index is -0.520. The predicted molar refractivity (Wildman–Crippen MR) is 117 cm³/mol. The first-order valence-electron chi connectivity index (χ1n) is 9.82. The van der Waals surface area contributed by atoms with Gasteiger partial charge in [-0.25, -0.2) is 4.39 Å². The van der Waals surface area contributed by atoms with Crippen molar-refractivity contribution in [2.45, 2.75) is 13.2 Å². The van der Waals surface area contributed by atoms with Crippen LogP contribution >= 0.6 is 0 Å². The summed E-state index contributed by atoms with van der Waals surface area (Å²) in [5.41, 5.74) is 3.02. The van der Waals surface area contributed by atoms with Crippen molar-refractivity contribution in [1.82, 2.24) is 4.98 Å². The number of rotatable bonds is 8. The van der Waals surface area contributed by atoms with Gasteiger partial charge in [-0.05, 0) is 23.3 Å². The van der Waals surface area contributed by atoms with Crippen molar-refractivity contribution in [3.63, 3.8) is 0 Å². The third-order valence-corrected chi connectivity index (χ3v) is 4.70. The van der Waals surface area contributed by atoms with Crippen molar-refractivity contribution in [3.8, 4) is 22.9 Å². The fraction of sp³-hybridized carbons (Fsp3) is 0.0769. The van der Waals surface area contributed by atoms with E-state index < -0.39 is 5.82 Å². The first kappa shape index (κ1) is 20.3. The number of carbonyl (C=O) groups is 1. The minimum absolute atomic E-state index is 0.257. The Balaban J connectivity index is 1.63. The van der Waals surface area contributed by atoms with Crippen molar-refractivity contribution in [1.29, 1.82) is 0 Å². The van der Waals surface area contributed by atoms with E-state index in [1.165, 1.54) is 6.07 Å². The lowest BCUT2D eigenvalue weighted by molar-refractivity contribution is 0.112. The van der Waals surface area contributed by atoms with Crippen LogP contribution in [-0.4, -0.2) is 11.3 Å². The third-order valence-electron chi connectivity index (χ3n) is 4.70. The molecular weight excluding hydrogens is 393 g/mol. The van der Waals surface area contributed by atoms with E-state index in [0.717, 1.165) is 11.1 Å². The summed E-state index contributed by atoms with van der Waals surface area (Å²) < 4.78 is 26.4. The van der Waals surface area contributed by atoms with E-state index in [0.29, 0.717) is 29.9 Å². The summed E-state index contributed by atoms with van der Waals surface area (Å²) in [6.45, 7) is 0.630. The molecule has 1 heterocycles. The number of aldehydes is 1. The smallest absolute Gasteiger partial charge is 0.225 e. The number of hydrogen-bond acceptors (Lipinski definition) is 4. The van der Waals surface area contributed by atoms with Gasteiger partial charge in [0, 0.05) is 22.8 Å². The van der Waals surface area contributed by atoms with Crippen LogP contribution in [0.25, 0.3) is 11.1 Å². The van der Waals surface area contributed by atoms with Gasteiger partial charge in [0.15, 0.2) is 0 Å². The Morgan fingerprint density at radius 1 is 0.742 bits per heavy atom. The molecule has 4 aromatic rings. The van der Waals surface area contributed by atoms with Gasteiger partial charge in [-0.2, -0.15) is 4.98 Å². The number of nitrogens with zero attached hydrogens (tertiary/aromatic N) is 1. The molecule has 0 spiro atoms. The molecule has 0 aliphatic rings. The molecule has 31 heavy (non-hydrogen) atoms. The maximum Gasteiger partial charge on any atom is 0.225 e. The lowest BCUT2D eigenvalue weighted by atomic mass is 10.0. The lowest BCUT2D eigenvalue weighted by Crippen LogP contribution is -2.03. The van der Waals surface area contributed by atoms with E-state index in [4.69, 9.17) is 9.47 Å². The van der Waals surface area contributed by atoms with E-state index in [1.807, 2.05) is 60.7 Å². The van der Waals surface area contributed by atoms with Gasteiger partial charge in [0.1, 0.15) is 25.3 Å². The summed E-state index contributed by atoms with van der Waals surface area (Å²) in [4.78, 5) is 15.4. The van der Waals surface area contributed by atoms with E-state index in [-0.39, 0.29) is 18.1 Å². The van der Waals surface area contributed by atoms with Gasteiger partial charge in [-0.15, -0.1) is 0 Å². The van der Waals surface area contributed by atoms with Gasteiger partial charge >= 0.3 is 0 Å². The van der Waals surface area contributed by atoms with Crippen LogP contribution in [0.15, 0.2) is 91.0 Å². The maximum atomic E-state index is 14.7. The quantitative estimate of drug-likeness (QED) is 0.340. The van der Waals surface area contributed by atoms with E-state index in [2.05, 4.69) is 4.98 Å². The SMILES string of the molecule is O=Cc1ccc(-c2ccc(OCc3ccccc3)nc2OCc2ccccc2)c(F)c1. The molecule has 0 radical (unpaired) electrons. The highest BCUT2D eigenvalue weighted by Crippen LogP contribution is 2.33. The van der Waals surface area contributed by atoms with Crippen LogP contribution in [0.2, 0.25) is 0 Å². The topological polar surface area (TPSA) is 48.4 Å². The molecule has 154 valence electrons. The molecule has 0 unspecified atom stereocenters. The van der Waals surface area contributed by atoms with Crippen molar-refractivity contribution in [2.75, 3.05) is 0 Å². The molecule has 0 saturated carbocycles. The molecule has 0 atom stereocenters. The van der Waals surface area contributed by atoms with Gasteiger partial charge in [-0.1, -0.05) is 72.8 Å². The van der Waals surface area contributed by atoms with Gasteiger partial charge in [0.25, 0.3) is 0 Å². The largest absolute Gasteiger partial charge is 0.473 e. The van der Waals surface area contributed by atoms with Crippen molar-refractivity contribution < 1.29 is 18.7 Å². The normalized spacial score (nSPS) is 10.5. The van der Waals surface area contributed by atoms with E-state index in [1.54, 1.807) is 24.3 Å². The maximum absolute atomic E-state index is 14.7. The first-order valence-corrected chi connectivity index (χ1v) is 9.82. The second-order valence-corrected chi connectivity index (χ2v) is 6.91. The van der Waals surface area contributed by atoms with E-state index >= 15 is 0 Å². The number of hydrogen-bond donors (Lipinski definition) is 0. The highest BCUT2D eigenvalue weighted by atomic mass is 19.1. The highest BCUT2D eigenvalue weighted by Gasteiger charge is 2.15. The second-order valence-electron chi connectivity index (χ2n) is 6.91. The Kier molecular flexibility index (Phi) is 6.33. The molecule has 4 nitrogen and oxygen atoms in total. The minimum Gasteiger partial charge on any atom is -0.473 e. The van der Waals surface area contributed by atoms with Crippen molar-refractivity contribution in [2.24, 2.45) is 0 Å². The predicted octanol–water partition coefficient (Wildman–Crippen LogP) is 5.86. The molecule has 0 aliphatic carbocycles. The zero-order valence-electron chi connectivity index (χ0n) is 16.7. The Morgan fingerprint density at radius 2 is 1.35 bits per heavy atom. The van der Waals surface area contributed by atoms with Crippen LogP contribution in [0.5, 0.6) is 11.8 Å². The Labute approximate surface area is 179 Å². The summed E-state index contributed by atoms with van der Waals surface area (Å²) in [5.74, 6) is 0.113. The average molecular weight is 413 g/mol. The fourth-order valence-electron chi connectivity index (χ4n) is 3.10. The third kappa shape index (κ3) is 5.14. The Hall–Kier alpha value is -3.99. The molecule has 0 N–H and O–H groups in total. The molecule has 1 aromatic heterocycles. The number of ether oxygens (including phenoxy) is 2. The zero-order chi connectivity index (χ0) is 21.5. The molecule has 0 amide bonds. The standard InChI is InChI=1S/C26H20FNO3/c27-24-15-21(16-29)11-12-22(24)23-13-14-25(30-17-19-7-3-1-4-8-19)28-26(23)31-18-20-9-5-2-6-10-20/h1-16H,17-18H2. The van der Waals surface area contributed by atoms with Gasteiger partial charge < -0.3 is 9.47 Å². The Bertz CT molecular complexity index is 1160. The number of halogens is 1. The van der Waals surface area contributed by atoms with Gasteiger partial charge in [0.2, 0.25) is 11.8 Å². The van der Waals surface area contributed by atoms with Crippen LogP contribution in [-0.2, 0) is 13.2 Å². The highest BCUT2D eigenvalue weighted by molar-refractivity contribution is 5.78. The van der Waals surface area contributed by atoms with Crippen molar-refractivity contribution in [3.05, 3.63) is 114 Å². The summed E-state index contributed by atoms with van der Waals surface area (Å²) >= 11 is 0. The Morgan fingerprint density at radius 3 is 1.97 bits per heavy atom. The van der Waals surface area contributed by atoms with Gasteiger partial charge in [-0.3, -0.25) is 4.79 Å². The fourth-order valence-corrected chi connectivity index (χ4v) is 3.10. The molecule has 0 fully saturated rings. The first-order chi connectivity index (χ1) is 15.2. The molecule has 5 heteroatoms. The summed E-state index contributed by atoms with van der Waals surface area (Å²) in [6, 6.07) is 27.1. The monoisotopic (exact) mass is 413 g/mol. The number of aromatic nitrogens is 1. The molecular formula is C26H20FNO3. The van der Waals surface area contributed by atoms with Crippen LogP contribution in [0, 0.1) is 5.82 Å². The van der Waals surface area contributed by atoms with Crippen LogP contribution in [0.3, 0.4) is 0 Å². The molecule has 0 bridgehead atoms. The molecule has 3 aromatic carbocycles. The number of pyridine rings is 1. The second kappa shape index (κ2) is 9.67. The number of benzene rings is 3. The van der Waals surface area contributed by atoms with E-state index in [9.17, 15) is 9.18 Å². The van der Waals surface area contributed by atoms with Crippen molar-refractivity contribution >= 4 is 6.29 Å². The molecule has 0 aliphatic heterocycles. The molecule has 4 rings (SSSR count). The summed E-state index contributed by atoms with van der Waals surface area (Å²) in [5, 5.41) is 0. The average Bonchev–Trinajstić information content (AvgIpc) is 2.83. The zero-order valence-corrected chi connectivity index (χ0v) is 16.7. The lowest BCUT2D eigenvalue weighted by Gasteiger charge is -2.14. The summed E-state index contributed by atoms with van der Waals surface area (Å²) in [6.07, 6.45) is 0.610. The van der Waals surface area contributed by atoms with Crippen LogP contribution < -0.4 is 9.47 Å². The summed E-state index contributed by atoms with van der Waals surface area (Å²) in [7, 11) is 0. The number of carbonyl (C=O) groups excluding carboxylic acids is 1. The van der Waals surface area contributed by atoms with Crippen LogP contribution in [0.4, 0.5) is 4.39 Å².